The molecule has 0 aliphatic rings. The number of benzene rings is 2. The molecule has 0 N–H and O–H groups in total. The first-order valence-electron chi connectivity index (χ1n) is 9.14. The van der Waals surface area contributed by atoms with E-state index in [1.165, 1.54) is 9.36 Å². The second kappa shape index (κ2) is 8.77. The molecule has 4 rings (SSSR count). The van der Waals surface area contributed by atoms with Crippen LogP contribution in [-0.4, -0.2) is 22.0 Å². The SMILES string of the molecule is C/C(=N\N=C(/C)c1c([O-])on[n+]1-c1ccc(Cl)cc1)c1c([O-])on[n+]1-c1ccc(Cl)cc1. The van der Waals surface area contributed by atoms with Crippen LogP contribution in [0.2, 0.25) is 10.0 Å². The summed E-state index contributed by atoms with van der Waals surface area (Å²) in [5.41, 5.74) is 1.67. The molecule has 0 radical (unpaired) electrons. The molecule has 0 unspecified atom stereocenters. The number of hydrogen-bond donors (Lipinski definition) is 0. The van der Waals surface area contributed by atoms with Gasteiger partial charge in [-0.05, 0) is 47.5 Å². The maximum Gasteiger partial charge on any atom is 0.286 e. The maximum absolute atomic E-state index is 12.2. The molecule has 4 aromatic rings. The van der Waals surface area contributed by atoms with Crippen molar-refractivity contribution in [3.05, 3.63) is 70.0 Å². The average molecular weight is 473 g/mol. The van der Waals surface area contributed by atoms with Crippen molar-refractivity contribution in [1.82, 2.24) is 10.5 Å². The van der Waals surface area contributed by atoms with Gasteiger partial charge < -0.3 is 19.3 Å². The van der Waals surface area contributed by atoms with Gasteiger partial charge in [-0.25, -0.2) is 0 Å². The minimum absolute atomic E-state index is 0.0714. The lowest BCUT2D eigenvalue weighted by Crippen LogP contribution is -2.39. The van der Waals surface area contributed by atoms with Crippen molar-refractivity contribution >= 4 is 34.6 Å². The molecule has 0 atom stereocenters. The zero-order valence-corrected chi connectivity index (χ0v) is 18.2. The summed E-state index contributed by atoms with van der Waals surface area (Å²) in [6.07, 6.45) is 0. The van der Waals surface area contributed by atoms with E-state index < -0.39 is 11.9 Å². The van der Waals surface area contributed by atoms with Crippen LogP contribution in [0, 0.1) is 0 Å². The smallest absolute Gasteiger partial charge is 0.286 e. The first-order chi connectivity index (χ1) is 15.3. The van der Waals surface area contributed by atoms with Gasteiger partial charge >= 0.3 is 0 Å². The van der Waals surface area contributed by atoms with Gasteiger partial charge in [0, 0.05) is 34.3 Å². The molecular weight excluding hydrogens is 459 g/mol. The van der Waals surface area contributed by atoms with Crippen LogP contribution >= 0.6 is 23.2 Å². The van der Waals surface area contributed by atoms with Crippen LogP contribution in [0.4, 0.5) is 0 Å². The fourth-order valence-corrected chi connectivity index (χ4v) is 3.11. The van der Waals surface area contributed by atoms with Gasteiger partial charge in [-0.2, -0.15) is 0 Å². The van der Waals surface area contributed by atoms with Gasteiger partial charge in [0.05, 0.1) is 10.5 Å². The fourth-order valence-electron chi connectivity index (χ4n) is 2.86. The monoisotopic (exact) mass is 472 g/mol. The molecule has 32 heavy (non-hydrogen) atoms. The Morgan fingerprint density at radius 3 is 1.41 bits per heavy atom. The van der Waals surface area contributed by atoms with Gasteiger partial charge in [-0.15, -0.1) is 10.2 Å². The minimum Gasteiger partial charge on any atom is -0.539 e. The predicted octanol–water partition coefficient (Wildman–Crippen LogP) is 1.90. The number of nitrogens with zero attached hydrogens (tertiary/aromatic N) is 6. The molecule has 0 fully saturated rings. The molecule has 0 saturated carbocycles. The standard InChI is InChI=1S/C20H14Cl2N6O4/c1-11(17-19(29)31-25-27(17)15-7-3-13(21)4-8-15)23-24-12(2)18-20(30)32-26-28(18)16-9-5-14(22)6-10-16/h3-10H,1-2H3. The third-order valence-electron chi connectivity index (χ3n) is 4.40. The van der Waals surface area contributed by atoms with Gasteiger partial charge in [0.15, 0.2) is 11.9 Å². The molecular formula is C20H14Cl2N6O4. The molecule has 0 aliphatic carbocycles. The van der Waals surface area contributed by atoms with Crippen molar-refractivity contribution in [3.8, 4) is 23.3 Å². The normalized spacial score (nSPS) is 12.4. The van der Waals surface area contributed by atoms with Gasteiger partial charge in [0.2, 0.25) is 11.4 Å². The summed E-state index contributed by atoms with van der Waals surface area (Å²) in [6, 6.07) is 13.3. The Morgan fingerprint density at radius 1 is 0.719 bits per heavy atom. The van der Waals surface area contributed by atoms with Crippen molar-refractivity contribution < 1.29 is 28.6 Å². The highest BCUT2D eigenvalue weighted by Gasteiger charge is 2.25. The summed E-state index contributed by atoms with van der Waals surface area (Å²) in [6.45, 7) is 3.13. The Labute approximate surface area is 191 Å². The summed E-state index contributed by atoms with van der Waals surface area (Å²) in [5, 5.41) is 41.2. The van der Waals surface area contributed by atoms with E-state index in [-0.39, 0.29) is 22.8 Å². The summed E-state index contributed by atoms with van der Waals surface area (Å²) in [4.78, 5) is 0. The topological polar surface area (TPSA) is 131 Å². The van der Waals surface area contributed by atoms with Crippen molar-refractivity contribution in [1.29, 1.82) is 0 Å². The van der Waals surface area contributed by atoms with E-state index in [0.717, 1.165) is 0 Å². The Hall–Kier alpha value is -3.76. The highest BCUT2D eigenvalue weighted by Crippen LogP contribution is 2.16. The molecule has 0 spiro atoms. The minimum atomic E-state index is -0.695. The van der Waals surface area contributed by atoms with Crippen molar-refractivity contribution in [2.75, 3.05) is 0 Å². The van der Waals surface area contributed by atoms with Crippen LogP contribution < -0.4 is 19.6 Å². The van der Waals surface area contributed by atoms with Crippen molar-refractivity contribution in [3.63, 3.8) is 0 Å². The first kappa shape index (κ1) is 21.5. The van der Waals surface area contributed by atoms with E-state index in [4.69, 9.17) is 32.2 Å². The number of aromatic nitrogens is 4. The Balaban J connectivity index is 1.70. The second-order valence-electron chi connectivity index (χ2n) is 6.57. The van der Waals surface area contributed by atoms with E-state index in [1.807, 2.05) is 0 Å². The number of hydrogen-bond acceptors (Lipinski definition) is 8. The van der Waals surface area contributed by atoms with Crippen LogP contribution in [0.15, 0.2) is 67.8 Å². The predicted molar refractivity (Wildman–Crippen MR) is 109 cm³/mol. The molecule has 12 heteroatoms. The summed E-state index contributed by atoms with van der Waals surface area (Å²) in [5.74, 6) is -1.39. The lowest BCUT2D eigenvalue weighted by atomic mass is 10.2. The molecule has 0 bridgehead atoms. The molecule has 162 valence electrons. The Morgan fingerprint density at radius 2 is 1.06 bits per heavy atom. The lowest BCUT2D eigenvalue weighted by Gasteiger charge is -1.98. The Kier molecular flexibility index (Phi) is 5.89. The van der Waals surface area contributed by atoms with E-state index in [2.05, 4.69) is 20.7 Å². The first-order valence-corrected chi connectivity index (χ1v) is 9.90. The maximum atomic E-state index is 12.2. The van der Waals surface area contributed by atoms with E-state index in [1.54, 1.807) is 62.4 Å². The van der Waals surface area contributed by atoms with E-state index in [0.29, 0.717) is 21.4 Å². The number of rotatable bonds is 5. The van der Waals surface area contributed by atoms with Crippen LogP contribution in [0.1, 0.15) is 25.2 Å². The van der Waals surface area contributed by atoms with Crippen LogP contribution in [0.5, 0.6) is 11.9 Å². The van der Waals surface area contributed by atoms with Gasteiger partial charge in [-0.3, -0.25) is 0 Å². The molecule has 0 amide bonds. The highest BCUT2D eigenvalue weighted by molar-refractivity contribution is 6.30. The second-order valence-corrected chi connectivity index (χ2v) is 7.44. The molecule has 2 aromatic carbocycles. The Bertz CT molecular complexity index is 1220. The van der Waals surface area contributed by atoms with Gasteiger partial charge in [-0.1, -0.05) is 23.2 Å². The van der Waals surface area contributed by atoms with Crippen LogP contribution in [0.25, 0.3) is 11.4 Å². The summed E-state index contributed by atoms with van der Waals surface area (Å²) < 4.78 is 12.2. The van der Waals surface area contributed by atoms with Crippen molar-refractivity contribution in [2.24, 2.45) is 10.2 Å². The quantitative estimate of drug-likeness (QED) is 0.247. The van der Waals surface area contributed by atoms with E-state index in [9.17, 15) is 10.2 Å². The molecule has 2 aromatic heterocycles. The zero-order valence-electron chi connectivity index (χ0n) is 16.7. The van der Waals surface area contributed by atoms with Crippen LogP contribution in [0.3, 0.4) is 0 Å². The van der Waals surface area contributed by atoms with Gasteiger partial charge in [0.1, 0.15) is 11.4 Å². The highest BCUT2D eigenvalue weighted by atomic mass is 35.5. The van der Waals surface area contributed by atoms with Gasteiger partial charge in [0.25, 0.3) is 11.4 Å². The third kappa shape index (κ3) is 4.18. The molecule has 10 nitrogen and oxygen atoms in total. The lowest BCUT2D eigenvalue weighted by molar-refractivity contribution is -0.671. The zero-order chi connectivity index (χ0) is 22.8. The summed E-state index contributed by atoms with van der Waals surface area (Å²) in [7, 11) is 0. The molecule has 0 aliphatic heterocycles. The van der Waals surface area contributed by atoms with Crippen LogP contribution in [-0.2, 0) is 0 Å². The fraction of sp³-hybridized carbons (Fsp3) is 0.100. The van der Waals surface area contributed by atoms with Crippen molar-refractivity contribution in [2.45, 2.75) is 13.8 Å². The molecule has 2 heterocycles. The third-order valence-corrected chi connectivity index (χ3v) is 4.90. The largest absolute Gasteiger partial charge is 0.539 e. The summed E-state index contributed by atoms with van der Waals surface area (Å²) >= 11 is 11.8. The number of halogens is 2. The molecule has 0 saturated heterocycles. The average Bonchev–Trinajstić information content (AvgIpc) is 3.35. The van der Waals surface area contributed by atoms with E-state index >= 15 is 0 Å².